The number of carbonyl (C=O) groups is 1. The average Bonchev–Trinajstić information content (AvgIpc) is 2.85. The molecule has 33 heavy (non-hydrogen) atoms. The Morgan fingerprint density at radius 3 is 2.09 bits per heavy atom. The predicted octanol–water partition coefficient (Wildman–Crippen LogP) is 3.15. The number of hydrogen-bond acceptors (Lipinski definition) is 5. The minimum atomic E-state index is -3.48. The van der Waals surface area contributed by atoms with Crippen LogP contribution in [0.2, 0.25) is 0 Å². The second kappa shape index (κ2) is 10.2. The monoisotopic (exact) mass is 474 g/mol. The lowest BCUT2D eigenvalue weighted by molar-refractivity contribution is -0.120. The van der Waals surface area contributed by atoms with Crippen LogP contribution in [-0.2, 0) is 14.8 Å². The van der Waals surface area contributed by atoms with Crippen LogP contribution in [0.1, 0.15) is 26.2 Å². The van der Waals surface area contributed by atoms with E-state index in [1.54, 1.807) is 36.4 Å². The van der Waals surface area contributed by atoms with E-state index < -0.39 is 10.0 Å². The molecule has 7 nitrogen and oxygen atoms in total. The number of benzene rings is 2. The number of carbonyl (C=O) groups excluding carboxylic acids is 1. The molecule has 2 aromatic carbocycles. The van der Waals surface area contributed by atoms with E-state index >= 15 is 0 Å². The lowest BCUT2D eigenvalue weighted by Crippen LogP contribution is -2.52. The van der Waals surface area contributed by atoms with E-state index in [1.807, 2.05) is 6.92 Å². The summed E-state index contributed by atoms with van der Waals surface area (Å²) >= 11 is 0. The topological polar surface area (TPSA) is 73.0 Å². The fourth-order valence-corrected chi connectivity index (χ4v) is 5.91. The predicted molar refractivity (Wildman–Crippen MR) is 127 cm³/mol. The number of anilines is 2. The molecule has 2 aliphatic heterocycles. The molecule has 0 aliphatic carbocycles. The Kier molecular flexibility index (Phi) is 7.31. The third-order valence-corrected chi connectivity index (χ3v) is 8.42. The second-order valence-electron chi connectivity index (χ2n) is 8.65. The molecule has 178 valence electrons. The molecule has 2 aromatic rings. The number of halogens is 1. The van der Waals surface area contributed by atoms with Crippen LogP contribution in [0.15, 0.2) is 53.4 Å². The van der Waals surface area contributed by atoms with Crippen LogP contribution in [0, 0.1) is 5.82 Å². The number of rotatable bonds is 6. The van der Waals surface area contributed by atoms with Crippen molar-refractivity contribution in [2.45, 2.75) is 37.1 Å². The van der Waals surface area contributed by atoms with Crippen LogP contribution >= 0.6 is 0 Å². The summed E-state index contributed by atoms with van der Waals surface area (Å²) in [6.07, 6.45) is 2.85. The normalized spacial score (nSPS) is 19.3. The van der Waals surface area contributed by atoms with Crippen molar-refractivity contribution in [2.75, 3.05) is 49.5 Å². The Bertz CT molecular complexity index is 1050. The Morgan fingerprint density at radius 2 is 1.48 bits per heavy atom. The third-order valence-electron chi connectivity index (χ3n) is 6.51. The molecule has 1 atom stereocenters. The summed E-state index contributed by atoms with van der Waals surface area (Å²) in [4.78, 5) is 17.4. The molecule has 0 spiro atoms. The van der Waals surface area contributed by atoms with E-state index in [2.05, 4.69) is 15.1 Å². The maximum Gasteiger partial charge on any atom is 0.243 e. The summed E-state index contributed by atoms with van der Waals surface area (Å²) in [6.45, 7) is 5.95. The summed E-state index contributed by atoms with van der Waals surface area (Å²) in [5.74, 6) is -0.378. The van der Waals surface area contributed by atoms with Gasteiger partial charge in [-0.2, -0.15) is 4.31 Å². The molecule has 0 aromatic heterocycles. The Hall–Kier alpha value is -2.49. The van der Waals surface area contributed by atoms with Gasteiger partial charge >= 0.3 is 0 Å². The highest BCUT2D eigenvalue weighted by atomic mass is 32.2. The quantitative estimate of drug-likeness (QED) is 0.696. The van der Waals surface area contributed by atoms with E-state index in [4.69, 9.17) is 0 Å². The molecule has 0 bridgehead atoms. The first-order valence-corrected chi connectivity index (χ1v) is 12.9. The molecule has 2 aliphatic rings. The van der Waals surface area contributed by atoms with E-state index in [9.17, 15) is 17.6 Å². The Balaban J connectivity index is 1.31. The van der Waals surface area contributed by atoms with Gasteiger partial charge in [-0.05, 0) is 68.3 Å². The summed E-state index contributed by atoms with van der Waals surface area (Å²) < 4.78 is 40.3. The fraction of sp³-hybridized carbons (Fsp3) is 0.458. The van der Waals surface area contributed by atoms with Gasteiger partial charge in [0.25, 0.3) is 0 Å². The smallest absolute Gasteiger partial charge is 0.243 e. The number of hydrogen-bond donors (Lipinski definition) is 1. The van der Waals surface area contributed by atoms with Gasteiger partial charge in [0.15, 0.2) is 0 Å². The van der Waals surface area contributed by atoms with E-state index in [1.165, 1.54) is 16.4 Å². The van der Waals surface area contributed by atoms with Gasteiger partial charge in [0.05, 0.1) is 10.9 Å². The number of piperazine rings is 1. The first-order valence-electron chi connectivity index (χ1n) is 11.5. The van der Waals surface area contributed by atoms with Gasteiger partial charge in [-0.1, -0.05) is 6.42 Å². The number of piperidine rings is 1. The first kappa shape index (κ1) is 23.7. The number of sulfonamides is 1. The molecule has 1 N–H and O–H groups in total. The fourth-order valence-electron chi connectivity index (χ4n) is 4.40. The first-order chi connectivity index (χ1) is 15.8. The van der Waals surface area contributed by atoms with Gasteiger partial charge in [-0.25, -0.2) is 12.8 Å². The molecule has 1 amide bonds. The zero-order chi connectivity index (χ0) is 23.4. The lowest BCUT2D eigenvalue weighted by atomic mass is 10.2. The van der Waals surface area contributed by atoms with Crippen LogP contribution in [0.5, 0.6) is 0 Å². The molecular weight excluding hydrogens is 443 g/mol. The highest BCUT2D eigenvalue weighted by Gasteiger charge is 2.27. The number of nitrogens with one attached hydrogen (secondary N) is 1. The maximum atomic E-state index is 13.2. The minimum Gasteiger partial charge on any atom is -0.369 e. The van der Waals surface area contributed by atoms with Crippen molar-refractivity contribution in [2.24, 2.45) is 0 Å². The summed E-state index contributed by atoms with van der Waals surface area (Å²) in [5.41, 5.74) is 1.56. The van der Waals surface area contributed by atoms with Crippen LogP contribution in [-0.4, -0.2) is 68.8 Å². The van der Waals surface area contributed by atoms with Gasteiger partial charge in [-0.15, -0.1) is 0 Å². The summed E-state index contributed by atoms with van der Waals surface area (Å²) in [7, 11) is -3.48. The lowest BCUT2D eigenvalue weighted by Gasteiger charge is -2.38. The molecular formula is C24H31FN4O3S. The van der Waals surface area contributed by atoms with Gasteiger partial charge < -0.3 is 10.2 Å². The molecule has 4 rings (SSSR count). The Morgan fingerprint density at radius 1 is 0.879 bits per heavy atom. The minimum absolute atomic E-state index is 0.128. The molecule has 2 heterocycles. The highest BCUT2D eigenvalue weighted by molar-refractivity contribution is 7.89. The van der Waals surface area contributed by atoms with Crippen LogP contribution in [0.3, 0.4) is 0 Å². The van der Waals surface area contributed by atoms with Crippen molar-refractivity contribution in [1.29, 1.82) is 0 Å². The van der Waals surface area contributed by atoms with E-state index in [0.29, 0.717) is 18.8 Å². The van der Waals surface area contributed by atoms with Gasteiger partial charge in [0.1, 0.15) is 5.82 Å². The maximum absolute atomic E-state index is 13.2. The molecule has 0 saturated carbocycles. The zero-order valence-corrected chi connectivity index (χ0v) is 19.7. The van der Waals surface area contributed by atoms with Crippen molar-refractivity contribution in [3.8, 4) is 0 Å². The van der Waals surface area contributed by atoms with Crippen LogP contribution < -0.4 is 10.2 Å². The van der Waals surface area contributed by atoms with Crippen LogP contribution in [0.25, 0.3) is 0 Å². The third kappa shape index (κ3) is 5.54. The summed E-state index contributed by atoms with van der Waals surface area (Å²) in [6, 6.07) is 12.6. The van der Waals surface area contributed by atoms with Crippen molar-refractivity contribution in [1.82, 2.24) is 9.21 Å². The molecule has 2 saturated heterocycles. The molecule has 0 radical (unpaired) electrons. The number of nitrogens with zero attached hydrogens (tertiary/aromatic N) is 3. The van der Waals surface area contributed by atoms with Gasteiger partial charge in [0.2, 0.25) is 15.9 Å². The second-order valence-corrected chi connectivity index (χ2v) is 10.6. The average molecular weight is 475 g/mol. The highest BCUT2D eigenvalue weighted by Crippen LogP contribution is 2.23. The largest absolute Gasteiger partial charge is 0.369 e. The SMILES string of the molecule is C[C@H](C(=O)Nc1ccc(S(=O)(=O)N2CCCCC2)cc1)N1CCN(c2ccc(F)cc2)CC1. The Labute approximate surface area is 195 Å². The van der Waals surface area contributed by atoms with Gasteiger partial charge in [0, 0.05) is 50.6 Å². The van der Waals surface area contributed by atoms with Crippen LogP contribution in [0.4, 0.5) is 15.8 Å². The van der Waals surface area contributed by atoms with Crippen molar-refractivity contribution in [3.63, 3.8) is 0 Å². The zero-order valence-electron chi connectivity index (χ0n) is 18.9. The summed E-state index contributed by atoms with van der Waals surface area (Å²) in [5, 5.41) is 2.90. The molecule has 9 heteroatoms. The van der Waals surface area contributed by atoms with Gasteiger partial charge in [-0.3, -0.25) is 9.69 Å². The molecule has 0 unspecified atom stereocenters. The van der Waals surface area contributed by atoms with E-state index in [0.717, 1.165) is 51.1 Å². The van der Waals surface area contributed by atoms with Crippen molar-refractivity contribution < 1.29 is 17.6 Å². The molecule has 2 fully saturated rings. The standard InChI is InChI=1S/C24H31FN4O3S/c1-19(27-15-17-28(18-16-27)22-9-5-20(25)6-10-22)24(30)26-21-7-11-23(12-8-21)33(31,32)29-13-3-2-4-14-29/h5-12,19H,2-4,13-18H2,1H3,(H,26,30)/t19-/m1/s1. The van der Waals surface area contributed by atoms with Crippen molar-refractivity contribution >= 4 is 27.3 Å². The van der Waals surface area contributed by atoms with Crippen molar-refractivity contribution in [3.05, 3.63) is 54.3 Å². The number of amides is 1. The van der Waals surface area contributed by atoms with E-state index in [-0.39, 0.29) is 22.7 Å².